The molecule has 7 nitrogen and oxygen atoms in total. The lowest BCUT2D eigenvalue weighted by Crippen LogP contribution is -2.58. The molecule has 3 aliphatic heterocycles. The van der Waals surface area contributed by atoms with Gasteiger partial charge in [-0.1, -0.05) is 43.4 Å². The highest BCUT2D eigenvalue weighted by Crippen LogP contribution is 2.37. The Labute approximate surface area is 184 Å². The molecule has 4 fully saturated rings. The SMILES string of the molecule is O=C(NCc1cccnc1)[C@H]1CN2CC[C@H]1C[C@@H]2Cn1cc(CC2CCCCC2)nn1. The van der Waals surface area contributed by atoms with Crippen molar-refractivity contribution in [2.24, 2.45) is 17.8 Å². The van der Waals surface area contributed by atoms with E-state index in [1.54, 1.807) is 6.20 Å². The number of aromatic nitrogens is 4. The number of piperidine rings is 3. The van der Waals surface area contributed by atoms with Crippen LogP contribution in [0.2, 0.25) is 0 Å². The number of pyridine rings is 1. The Morgan fingerprint density at radius 2 is 2.10 bits per heavy atom. The van der Waals surface area contributed by atoms with Crippen LogP contribution in [0.15, 0.2) is 30.7 Å². The average Bonchev–Trinajstić information content (AvgIpc) is 3.26. The van der Waals surface area contributed by atoms with E-state index >= 15 is 0 Å². The fraction of sp³-hybridized carbons (Fsp3) is 0.667. The number of nitrogens with zero attached hydrogens (tertiary/aromatic N) is 5. The van der Waals surface area contributed by atoms with E-state index in [4.69, 9.17) is 0 Å². The van der Waals surface area contributed by atoms with Gasteiger partial charge in [-0.2, -0.15) is 0 Å². The molecule has 6 rings (SSSR count). The van der Waals surface area contributed by atoms with Gasteiger partial charge in [0.15, 0.2) is 0 Å². The highest BCUT2D eigenvalue weighted by molar-refractivity contribution is 5.79. The third kappa shape index (κ3) is 4.97. The normalized spacial score (nSPS) is 28.5. The third-order valence-electron chi connectivity index (χ3n) is 7.61. The fourth-order valence-corrected chi connectivity index (χ4v) is 5.87. The number of nitrogens with one attached hydrogen (secondary N) is 1. The van der Waals surface area contributed by atoms with Gasteiger partial charge in [-0.25, -0.2) is 0 Å². The summed E-state index contributed by atoms with van der Waals surface area (Å²) in [6, 6.07) is 4.37. The van der Waals surface area contributed by atoms with E-state index in [2.05, 4.69) is 31.7 Å². The first-order chi connectivity index (χ1) is 15.2. The monoisotopic (exact) mass is 422 g/mol. The molecule has 5 heterocycles. The van der Waals surface area contributed by atoms with Gasteiger partial charge >= 0.3 is 0 Å². The number of hydrogen-bond acceptors (Lipinski definition) is 5. The van der Waals surface area contributed by atoms with Crippen molar-refractivity contribution < 1.29 is 4.79 Å². The molecule has 1 amide bonds. The van der Waals surface area contributed by atoms with Crippen LogP contribution in [0.4, 0.5) is 0 Å². The summed E-state index contributed by atoms with van der Waals surface area (Å²) in [5, 5.41) is 12.0. The molecule has 0 spiro atoms. The van der Waals surface area contributed by atoms with Crippen molar-refractivity contribution in [1.82, 2.24) is 30.2 Å². The molecule has 1 N–H and O–H groups in total. The zero-order chi connectivity index (χ0) is 21.0. The maximum absolute atomic E-state index is 12.8. The smallest absolute Gasteiger partial charge is 0.224 e. The first kappa shape index (κ1) is 20.6. The summed E-state index contributed by atoms with van der Waals surface area (Å²) in [5.41, 5.74) is 2.20. The Balaban J connectivity index is 1.13. The molecule has 1 unspecified atom stereocenters. The number of carbonyl (C=O) groups is 1. The Hall–Kier alpha value is -2.28. The second-order valence-electron chi connectivity index (χ2n) is 9.76. The van der Waals surface area contributed by atoms with Crippen LogP contribution in [-0.4, -0.2) is 49.9 Å². The molecule has 0 radical (unpaired) electrons. The van der Waals surface area contributed by atoms with Gasteiger partial charge in [-0.05, 0) is 49.3 Å². The average molecular weight is 423 g/mol. The molecule has 2 bridgehead atoms. The quantitative estimate of drug-likeness (QED) is 0.743. The van der Waals surface area contributed by atoms with E-state index in [9.17, 15) is 4.79 Å². The Morgan fingerprint density at radius 1 is 1.19 bits per heavy atom. The maximum Gasteiger partial charge on any atom is 0.224 e. The second-order valence-corrected chi connectivity index (χ2v) is 9.76. The van der Waals surface area contributed by atoms with Crippen molar-refractivity contribution in [3.05, 3.63) is 42.0 Å². The molecule has 4 atom stereocenters. The summed E-state index contributed by atoms with van der Waals surface area (Å²) in [6.07, 6.45) is 15.8. The highest BCUT2D eigenvalue weighted by atomic mass is 16.1. The summed E-state index contributed by atoms with van der Waals surface area (Å²) in [4.78, 5) is 19.5. The van der Waals surface area contributed by atoms with Gasteiger partial charge in [-0.3, -0.25) is 19.4 Å². The topological polar surface area (TPSA) is 75.9 Å². The van der Waals surface area contributed by atoms with E-state index < -0.39 is 0 Å². The van der Waals surface area contributed by atoms with Crippen molar-refractivity contribution in [1.29, 1.82) is 0 Å². The minimum absolute atomic E-state index is 0.0966. The zero-order valence-electron chi connectivity index (χ0n) is 18.3. The molecular weight excluding hydrogens is 388 g/mol. The zero-order valence-corrected chi connectivity index (χ0v) is 18.3. The van der Waals surface area contributed by atoms with Gasteiger partial charge in [0.05, 0.1) is 18.2 Å². The van der Waals surface area contributed by atoms with Gasteiger partial charge < -0.3 is 5.32 Å². The number of rotatable bonds is 7. The lowest BCUT2D eigenvalue weighted by Gasteiger charge is -2.49. The second kappa shape index (κ2) is 9.47. The highest BCUT2D eigenvalue weighted by Gasteiger charge is 2.43. The van der Waals surface area contributed by atoms with E-state index in [1.807, 2.05) is 23.0 Å². The number of hydrogen-bond donors (Lipinski definition) is 1. The summed E-state index contributed by atoms with van der Waals surface area (Å²) in [5.74, 6) is 1.54. The Bertz CT molecular complexity index is 862. The number of carbonyl (C=O) groups excluding carboxylic acids is 1. The van der Waals surface area contributed by atoms with Crippen LogP contribution in [0.25, 0.3) is 0 Å². The van der Waals surface area contributed by atoms with Gasteiger partial charge in [0.2, 0.25) is 5.91 Å². The van der Waals surface area contributed by atoms with Crippen LogP contribution in [0.1, 0.15) is 56.2 Å². The molecule has 2 aromatic rings. The Kier molecular flexibility index (Phi) is 6.30. The first-order valence-corrected chi connectivity index (χ1v) is 12.0. The summed E-state index contributed by atoms with van der Waals surface area (Å²) in [7, 11) is 0. The van der Waals surface area contributed by atoms with Gasteiger partial charge in [-0.15, -0.1) is 5.10 Å². The largest absolute Gasteiger partial charge is 0.352 e. The van der Waals surface area contributed by atoms with E-state index in [0.717, 1.165) is 56.1 Å². The Morgan fingerprint density at radius 3 is 2.87 bits per heavy atom. The molecule has 3 saturated heterocycles. The van der Waals surface area contributed by atoms with Crippen molar-refractivity contribution in [3.8, 4) is 0 Å². The van der Waals surface area contributed by atoms with E-state index in [-0.39, 0.29) is 11.8 Å². The molecule has 1 saturated carbocycles. The van der Waals surface area contributed by atoms with Crippen LogP contribution < -0.4 is 5.32 Å². The standard InChI is InChI=1S/C24H34N6O/c31-24(26-14-19-7-4-9-25-13-19)23-17-29-10-8-20(23)12-22(29)16-30-15-21(27-28-30)11-18-5-2-1-3-6-18/h4,7,9,13,15,18,20,22-23H,1-3,5-6,8,10-12,14,16-17H2,(H,26,31)/t20-,22+,23-/m0/s1. The van der Waals surface area contributed by atoms with Crippen molar-refractivity contribution in [2.75, 3.05) is 13.1 Å². The third-order valence-corrected chi connectivity index (χ3v) is 7.61. The molecule has 7 heteroatoms. The fourth-order valence-electron chi connectivity index (χ4n) is 5.87. The lowest BCUT2D eigenvalue weighted by molar-refractivity contribution is -0.133. The van der Waals surface area contributed by atoms with Crippen LogP contribution >= 0.6 is 0 Å². The van der Waals surface area contributed by atoms with Crippen molar-refractivity contribution in [3.63, 3.8) is 0 Å². The van der Waals surface area contributed by atoms with Gasteiger partial charge in [0.1, 0.15) is 0 Å². The molecule has 31 heavy (non-hydrogen) atoms. The molecule has 0 aromatic carbocycles. The first-order valence-electron chi connectivity index (χ1n) is 12.0. The summed E-state index contributed by atoms with van der Waals surface area (Å²) >= 11 is 0. The van der Waals surface area contributed by atoms with Crippen LogP contribution in [0.5, 0.6) is 0 Å². The summed E-state index contributed by atoms with van der Waals surface area (Å²) in [6.45, 7) is 3.39. The number of amides is 1. The van der Waals surface area contributed by atoms with Crippen molar-refractivity contribution >= 4 is 5.91 Å². The lowest BCUT2D eigenvalue weighted by atomic mass is 9.75. The van der Waals surface area contributed by atoms with Crippen molar-refractivity contribution in [2.45, 2.75) is 70.5 Å². The van der Waals surface area contributed by atoms with Crippen LogP contribution in [0, 0.1) is 17.8 Å². The summed E-state index contributed by atoms with van der Waals surface area (Å²) < 4.78 is 2.04. The van der Waals surface area contributed by atoms with E-state index in [1.165, 1.54) is 32.1 Å². The molecule has 4 aliphatic rings. The van der Waals surface area contributed by atoms with Crippen LogP contribution in [-0.2, 0) is 24.3 Å². The maximum atomic E-state index is 12.8. The predicted octanol–water partition coefficient (Wildman–Crippen LogP) is 2.82. The minimum Gasteiger partial charge on any atom is -0.352 e. The van der Waals surface area contributed by atoms with Gasteiger partial charge in [0, 0.05) is 37.7 Å². The number of fused-ring (bicyclic) bond motifs is 3. The van der Waals surface area contributed by atoms with E-state index in [0.29, 0.717) is 18.5 Å². The predicted molar refractivity (Wildman–Crippen MR) is 118 cm³/mol. The van der Waals surface area contributed by atoms with Crippen LogP contribution in [0.3, 0.4) is 0 Å². The minimum atomic E-state index is 0.0966. The molecular formula is C24H34N6O. The molecule has 2 aromatic heterocycles. The molecule has 166 valence electrons. The van der Waals surface area contributed by atoms with Gasteiger partial charge in [0.25, 0.3) is 0 Å². The molecule has 1 aliphatic carbocycles.